The topological polar surface area (TPSA) is 252 Å². The maximum Gasteiger partial charge on any atom is 0.326 e. The SMILES string of the molecule is CCC(C)C(N)C(=O)NC(CCCN=C(N)N)C(=O)NC(C)C(=O)NC(CC(=O)O)C(=O)O. The van der Waals surface area contributed by atoms with Gasteiger partial charge in [0.1, 0.15) is 18.1 Å². The lowest BCUT2D eigenvalue weighted by Crippen LogP contribution is -2.57. The number of hydrogen-bond acceptors (Lipinski definition) is 7. The molecule has 33 heavy (non-hydrogen) atoms. The fourth-order valence-electron chi connectivity index (χ4n) is 2.60. The highest BCUT2D eigenvalue weighted by Crippen LogP contribution is 2.07. The molecule has 0 aromatic carbocycles. The number of aliphatic imine (C=N–C) groups is 1. The normalized spacial score (nSPS) is 15.2. The number of hydrogen-bond donors (Lipinski definition) is 8. The molecule has 11 N–H and O–H groups in total. The van der Waals surface area contributed by atoms with Crippen LogP contribution >= 0.6 is 0 Å². The summed E-state index contributed by atoms with van der Waals surface area (Å²) in [4.78, 5) is 63.2. The lowest BCUT2D eigenvalue weighted by atomic mass is 9.98. The van der Waals surface area contributed by atoms with E-state index in [0.29, 0.717) is 12.8 Å². The average Bonchev–Trinajstić information content (AvgIpc) is 2.73. The van der Waals surface area contributed by atoms with Gasteiger partial charge >= 0.3 is 11.9 Å². The van der Waals surface area contributed by atoms with Crippen molar-refractivity contribution >= 4 is 35.6 Å². The first kappa shape index (κ1) is 29.6. The van der Waals surface area contributed by atoms with Crippen molar-refractivity contribution in [3.8, 4) is 0 Å². The standard InChI is InChI=1S/C19H35N7O7/c1-4-9(2)14(20)17(31)25-11(6-5-7-23-19(21)22)16(30)24-10(3)15(29)26-12(18(32)33)8-13(27)28/h9-12,14H,4-8,20H2,1-3H3,(H,24,30)(H,25,31)(H,26,29)(H,27,28)(H,32,33)(H4,21,22,23). The summed E-state index contributed by atoms with van der Waals surface area (Å²) in [7, 11) is 0. The van der Waals surface area contributed by atoms with E-state index in [-0.39, 0.29) is 24.8 Å². The van der Waals surface area contributed by atoms with Gasteiger partial charge in [0.25, 0.3) is 0 Å². The average molecular weight is 474 g/mol. The van der Waals surface area contributed by atoms with Crippen molar-refractivity contribution in [2.24, 2.45) is 28.1 Å². The van der Waals surface area contributed by atoms with E-state index in [1.807, 2.05) is 6.92 Å². The number of guanidine groups is 1. The number of carbonyl (C=O) groups excluding carboxylic acids is 3. The van der Waals surface area contributed by atoms with Crippen molar-refractivity contribution in [1.29, 1.82) is 0 Å². The largest absolute Gasteiger partial charge is 0.481 e. The van der Waals surface area contributed by atoms with Gasteiger partial charge in [-0.2, -0.15) is 0 Å². The first-order valence-electron chi connectivity index (χ1n) is 10.5. The molecule has 14 nitrogen and oxygen atoms in total. The second-order valence-corrected chi connectivity index (χ2v) is 7.65. The number of aliphatic carboxylic acids is 2. The van der Waals surface area contributed by atoms with Crippen molar-refractivity contribution < 1.29 is 34.2 Å². The Hall–Kier alpha value is -3.42. The fourth-order valence-corrected chi connectivity index (χ4v) is 2.60. The second kappa shape index (κ2) is 14.6. The van der Waals surface area contributed by atoms with Crippen LogP contribution in [0.5, 0.6) is 0 Å². The van der Waals surface area contributed by atoms with E-state index >= 15 is 0 Å². The Balaban J connectivity index is 5.25. The van der Waals surface area contributed by atoms with Crippen molar-refractivity contribution in [3.63, 3.8) is 0 Å². The van der Waals surface area contributed by atoms with Crippen LogP contribution in [0.4, 0.5) is 0 Å². The lowest BCUT2D eigenvalue weighted by Gasteiger charge is -2.24. The quantitative estimate of drug-likeness (QED) is 0.0701. The van der Waals surface area contributed by atoms with Gasteiger partial charge in [-0.3, -0.25) is 24.2 Å². The third kappa shape index (κ3) is 11.7. The third-order valence-electron chi connectivity index (χ3n) is 4.88. The Kier molecular flexibility index (Phi) is 13.1. The lowest BCUT2D eigenvalue weighted by molar-refractivity contribution is -0.147. The van der Waals surface area contributed by atoms with Gasteiger partial charge in [-0.25, -0.2) is 4.79 Å². The molecule has 0 heterocycles. The van der Waals surface area contributed by atoms with Crippen LogP contribution in [-0.4, -0.2) is 76.5 Å². The Morgan fingerprint density at radius 2 is 1.48 bits per heavy atom. The third-order valence-corrected chi connectivity index (χ3v) is 4.88. The molecule has 0 saturated carbocycles. The fraction of sp³-hybridized carbons (Fsp3) is 0.684. The van der Waals surface area contributed by atoms with Crippen molar-refractivity contribution in [1.82, 2.24) is 16.0 Å². The minimum absolute atomic E-state index is 0.126. The molecule has 5 atom stereocenters. The zero-order chi connectivity index (χ0) is 25.7. The molecule has 0 spiro atoms. The summed E-state index contributed by atoms with van der Waals surface area (Å²) in [6, 6.07) is -4.80. The summed E-state index contributed by atoms with van der Waals surface area (Å²) in [6.07, 6.45) is 0.273. The van der Waals surface area contributed by atoms with E-state index in [9.17, 15) is 24.0 Å². The zero-order valence-electron chi connectivity index (χ0n) is 19.0. The number of carbonyl (C=O) groups is 5. The first-order chi connectivity index (χ1) is 15.3. The van der Waals surface area contributed by atoms with Crippen LogP contribution in [0.2, 0.25) is 0 Å². The molecule has 0 bridgehead atoms. The number of carboxylic acid groups (broad SMARTS) is 2. The smallest absolute Gasteiger partial charge is 0.326 e. The van der Waals surface area contributed by atoms with E-state index in [2.05, 4.69) is 20.9 Å². The highest BCUT2D eigenvalue weighted by molar-refractivity contribution is 5.94. The Morgan fingerprint density at radius 1 is 0.909 bits per heavy atom. The van der Waals surface area contributed by atoms with Gasteiger partial charge in [0.2, 0.25) is 17.7 Å². The second-order valence-electron chi connectivity index (χ2n) is 7.65. The van der Waals surface area contributed by atoms with Crippen LogP contribution in [0.3, 0.4) is 0 Å². The minimum atomic E-state index is -1.67. The minimum Gasteiger partial charge on any atom is -0.481 e. The molecular weight excluding hydrogens is 438 g/mol. The van der Waals surface area contributed by atoms with E-state index in [4.69, 9.17) is 27.4 Å². The van der Waals surface area contributed by atoms with E-state index in [1.54, 1.807) is 6.92 Å². The maximum atomic E-state index is 12.7. The van der Waals surface area contributed by atoms with Crippen LogP contribution in [0, 0.1) is 5.92 Å². The molecular formula is C19H35N7O7. The summed E-state index contributed by atoms with van der Waals surface area (Å²) >= 11 is 0. The Morgan fingerprint density at radius 3 is 1.97 bits per heavy atom. The number of nitrogens with zero attached hydrogens (tertiary/aromatic N) is 1. The zero-order valence-corrected chi connectivity index (χ0v) is 19.0. The summed E-state index contributed by atoms with van der Waals surface area (Å²) in [6.45, 7) is 5.15. The number of carboxylic acids is 2. The van der Waals surface area contributed by atoms with E-state index in [1.165, 1.54) is 6.92 Å². The van der Waals surface area contributed by atoms with Crippen LogP contribution in [0.15, 0.2) is 4.99 Å². The summed E-state index contributed by atoms with van der Waals surface area (Å²) in [5.74, 6) is -5.37. The van der Waals surface area contributed by atoms with Crippen LogP contribution < -0.4 is 33.2 Å². The molecule has 0 aliphatic heterocycles. The molecule has 0 aromatic heterocycles. The van der Waals surface area contributed by atoms with Gasteiger partial charge in [0.15, 0.2) is 5.96 Å². The number of rotatable bonds is 15. The maximum absolute atomic E-state index is 12.7. The molecule has 0 aliphatic carbocycles. The predicted molar refractivity (Wildman–Crippen MR) is 119 cm³/mol. The van der Waals surface area contributed by atoms with Gasteiger partial charge in [0, 0.05) is 6.54 Å². The van der Waals surface area contributed by atoms with E-state index in [0.717, 1.165) is 0 Å². The van der Waals surface area contributed by atoms with Gasteiger partial charge in [-0.15, -0.1) is 0 Å². The molecule has 5 unspecified atom stereocenters. The molecule has 0 aliphatic rings. The van der Waals surface area contributed by atoms with Crippen molar-refractivity contribution in [2.45, 2.75) is 70.6 Å². The molecule has 0 saturated heterocycles. The van der Waals surface area contributed by atoms with Gasteiger partial charge in [0.05, 0.1) is 12.5 Å². The number of nitrogens with two attached hydrogens (primary N) is 3. The van der Waals surface area contributed by atoms with E-state index < -0.39 is 60.2 Å². The Labute approximate surface area is 191 Å². The molecule has 14 heteroatoms. The molecule has 188 valence electrons. The Bertz CT molecular complexity index is 740. The monoisotopic (exact) mass is 473 g/mol. The van der Waals surface area contributed by atoms with Gasteiger partial charge < -0.3 is 43.4 Å². The predicted octanol–water partition coefficient (Wildman–Crippen LogP) is -2.55. The highest BCUT2D eigenvalue weighted by Gasteiger charge is 2.29. The molecule has 0 radical (unpaired) electrons. The first-order valence-corrected chi connectivity index (χ1v) is 10.5. The van der Waals surface area contributed by atoms with Crippen molar-refractivity contribution in [2.75, 3.05) is 6.54 Å². The van der Waals surface area contributed by atoms with Crippen LogP contribution in [-0.2, 0) is 24.0 Å². The summed E-state index contributed by atoms with van der Waals surface area (Å²) in [5.41, 5.74) is 16.5. The number of nitrogens with one attached hydrogen (secondary N) is 3. The molecule has 0 rings (SSSR count). The summed E-state index contributed by atoms with van der Waals surface area (Å²) in [5, 5.41) is 24.8. The molecule has 0 aromatic rings. The summed E-state index contributed by atoms with van der Waals surface area (Å²) < 4.78 is 0. The van der Waals surface area contributed by atoms with Crippen molar-refractivity contribution in [3.05, 3.63) is 0 Å². The van der Waals surface area contributed by atoms with Crippen LogP contribution in [0.25, 0.3) is 0 Å². The van der Waals surface area contributed by atoms with Gasteiger partial charge in [-0.05, 0) is 25.7 Å². The van der Waals surface area contributed by atoms with Gasteiger partial charge in [-0.1, -0.05) is 20.3 Å². The molecule has 3 amide bonds. The number of amides is 3. The highest BCUT2D eigenvalue weighted by atomic mass is 16.4. The molecule has 0 fully saturated rings. The van der Waals surface area contributed by atoms with Crippen LogP contribution in [0.1, 0.15) is 46.5 Å².